The number of carboxylic acid groups (broad SMARTS) is 1. The average molecular weight is 317 g/mol. The van der Waals surface area contributed by atoms with Gasteiger partial charge in [-0.15, -0.1) is 0 Å². The molecule has 7 nitrogen and oxygen atoms in total. The number of imidazole rings is 1. The minimum absolute atomic E-state index is 0.231. The molecular weight excluding hydrogens is 301 g/mol. The molecule has 1 aromatic carbocycles. The van der Waals surface area contributed by atoms with Crippen LogP contribution >= 0.6 is 0 Å². The molecule has 3 rings (SSSR count). The van der Waals surface area contributed by atoms with Gasteiger partial charge in [0.2, 0.25) is 5.95 Å². The molecule has 0 aliphatic carbocycles. The number of nitrogens with one attached hydrogen (secondary N) is 1. The number of H-pyrrole nitrogens is 1. The third-order valence-corrected chi connectivity index (χ3v) is 4.20. The number of carbonyl (C=O) groups is 1. The fraction of sp³-hybridized carbons (Fsp3) is 0.400. The minimum Gasteiger partial charge on any atom is -0.465 e. The lowest BCUT2D eigenvalue weighted by molar-refractivity contribution is 0.0958. The summed E-state index contributed by atoms with van der Waals surface area (Å²) in [5.41, 5.74) is 1.97. The number of rotatable bonds is 2. The SMILES string of the molecule is CN(C(=O)O)[C@@H]1CN(c2nc3ccc(C#N)cc3[nH]2)CC[C@H]1F. The number of halogens is 1. The molecule has 0 saturated carbocycles. The molecule has 0 unspecified atom stereocenters. The van der Waals surface area contributed by atoms with Crippen LogP contribution in [-0.2, 0) is 0 Å². The van der Waals surface area contributed by atoms with Gasteiger partial charge in [0.1, 0.15) is 6.17 Å². The van der Waals surface area contributed by atoms with Crippen molar-refractivity contribution in [2.45, 2.75) is 18.6 Å². The number of piperidine rings is 1. The van der Waals surface area contributed by atoms with E-state index in [-0.39, 0.29) is 13.0 Å². The summed E-state index contributed by atoms with van der Waals surface area (Å²) in [6.07, 6.45) is -2.10. The molecule has 2 heterocycles. The van der Waals surface area contributed by atoms with E-state index in [1.54, 1.807) is 18.2 Å². The van der Waals surface area contributed by atoms with Gasteiger partial charge in [-0.2, -0.15) is 5.26 Å². The van der Waals surface area contributed by atoms with Crippen LogP contribution < -0.4 is 4.90 Å². The maximum Gasteiger partial charge on any atom is 0.407 e. The largest absolute Gasteiger partial charge is 0.465 e. The Morgan fingerprint density at radius 1 is 1.61 bits per heavy atom. The summed E-state index contributed by atoms with van der Waals surface area (Å²) in [5, 5.41) is 18.0. The Labute approximate surface area is 131 Å². The number of hydrogen-bond acceptors (Lipinski definition) is 4. The van der Waals surface area contributed by atoms with Gasteiger partial charge in [0.05, 0.1) is 28.7 Å². The highest BCUT2D eigenvalue weighted by Crippen LogP contribution is 2.24. The smallest absolute Gasteiger partial charge is 0.407 e. The van der Waals surface area contributed by atoms with Crippen molar-refractivity contribution in [3.8, 4) is 6.07 Å². The number of amides is 1. The zero-order valence-electron chi connectivity index (χ0n) is 12.5. The molecule has 2 N–H and O–H groups in total. The summed E-state index contributed by atoms with van der Waals surface area (Å²) >= 11 is 0. The predicted octanol–water partition coefficient (Wildman–Crippen LogP) is 1.96. The number of fused-ring (bicyclic) bond motifs is 1. The Hall–Kier alpha value is -2.82. The molecule has 1 amide bonds. The molecule has 1 saturated heterocycles. The highest BCUT2D eigenvalue weighted by molar-refractivity contribution is 5.79. The van der Waals surface area contributed by atoms with E-state index >= 15 is 0 Å². The van der Waals surface area contributed by atoms with E-state index in [1.165, 1.54) is 7.05 Å². The second kappa shape index (κ2) is 5.76. The molecule has 23 heavy (non-hydrogen) atoms. The standard InChI is InChI=1S/C15H16FN5O2/c1-20(15(22)23)13-8-21(5-4-10(13)16)14-18-11-3-2-9(7-17)6-12(11)19-14/h2-3,6,10,13H,4-5,8H2,1H3,(H,18,19)(H,22,23)/t10-,13-/m1/s1. The number of nitrogens with zero attached hydrogens (tertiary/aromatic N) is 4. The average Bonchev–Trinajstić information content (AvgIpc) is 2.97. The maximum atomic E-state index is 14.1. The van der Waals surface area contributed by atoms with E-state index < -0.39 is 18.3 Å². The molecule has 1 aliphatic heterocycles. The maximum absolute atomic E-state index is 14.1. The Kier molecular flexibility index (Phi) is 3.78. The molecule has 0 radical (unpaired) electrons. The zero-order chi connectivity index (χ0) is 16.6. The second-order valence-electron chi connectivity index (χ2n) is 5.62. The van der Waals surface area contributed by atoms with Gasteiger partial charge in [0, 0.05) is 20.1 Å². The molecule has 1 fully saturated rings. The molecule has 2 aromatic rings. The number of alkyl halides is 1. The summed E-state index contributed by atoms with van der Waals surface area (Å²) in [5.74, 6) is 0.561. The molecule has 2 atom stereocenters. The number of anilines is 1. The second-order valence-corrected chi connectivity index (χ2v) is 5.62. The molecule has 120 valence electrons. The van der Waals surface area contributed by atoms with Gasteiger partial charge < -0.3 is 19.9 Å². The molecule has 0 spiro atoms. The van der Waals surface area contributed by atoms with Gasteiger partial charge in [0.25, 0.3) is 0 Å². The van der Waals surface area contributed by atoms with Crippen LogP contribution in [0.4, 0.5) is 15.1 Å². The summed E-state index contributed by atoms with van der Waals surface area (Å²) < 4.78 is 14.1. The summed E-state index contributed by atoms with van der Waals surface area (Å²) in [7, 11) is 1.38. The molecular formula is C15H16FN5O2. The number of likely N-dealkylation sites (N-methyl/N-ethyl adjacent to an activating group) is 1. The summed E-state index contributed by atoms with van der Waals surface area (Å²) in [6.45, 7) is 0.685. The molecule has 0 bridgehead atoms. The van der Waals surface area contributed by atoms with Gasteiger partial charge in [-0.25, -0.2) is 14.2 Å². The topological polar surface area (TPSA) is 96.2 Å². The van der Waals surface area contributed by atoms with Crippen molar-refractivity contribution in [1.82, 2.24) is 14.9 Å². The van der Waals surface area contributed by atoms with Crippen molar-refractivity contribution >= 4 is 23.1 Å². The van der Waals surface area contributed by atoms with Gasteiger partial charge in [-0.3, -0.25) is 0 Å². The number of benzene rings is 1. The van der Waals surface area contributed by atoms with Crippen LogP contribution in [0.15, 0.2) is 18.2 Å². The molecule has 1 aliphatic rings. The molecule has 1 aromatic heterocycles. The first-order valence-electron chi connectivity index (χ1n) is 7.24. The van der Waals surface area contributed by atoms with Gasteiger partial charge in [-0.1, -0.05) is 0 Å². The third kappa shape index (κ3) is 2.77. The van der Waals surface area contributed by atoms with Crippen molar-refractivity contribution in [3.63, 3.8) is 0 Å². The Morgan fingerprint density at radius 2 is 2.39 bits per heavy atom. The summed E-state index contributed by atoms with van der Waals surface area (Å²) in [4.78, 5) is 21.5. The van der Waals surface area contributed by atoms with Crippen molar-refractivity contribution in [2.75, 3.05) is 25.0 Å². The van der Waals surface area contributed by atoms with Crippen molar-refractivity contribution in [1.29, 1.82) is 5.26 Å². The minimum atomic E-state index is -1.19. The van der Waals surface area contributed by atoms with E-state index in [9.17, 15) is 9.18 Å². The lowest BCUT2D eigenvalue weighted by atomic mass is 10.0. The highest BCUT2D eigenvalue weighted by atomic mass is 19.1. The zero-order valence-corrected chi connectivity index (χ0v) is 12.5. The number of aromatic amines is 1. The van der Waals surface area contributed by atoms with Crippen LogP contribution in [0.25, 0.3) is 11.0 Å². The van der Waals surface area contributed by atoms with E-state index in [1.807, 2.05) is 4.90 Å². The van der Waals surface area contributed by atoms with Crippen LogP contribution in [0.2, 0.25) is 0 Å². The van der Waals surface area contributed by atoms with Crippen molar-refractivity contribution in [3.05, 3.63) is 23.8 Å². The number of hydrogen-bond donors (Lipinski definition) is 2. The predicted molar refractivity (Wildman–Crippen MR) is 82.1 cm³/mol. The first-order chi connectivity index (χ1) is 11.0. The van der Waals surface area contributed by atoms with Crippen LogP contribution in [0, 0.1) is 11.3 Å². The fourth-order valence-corrected chi connectivity index (χ4v) is 2.82. The van der Waals surface area contributed by atoms with Gasteiger partial charge in [-0.05, 0) is 24.6 Å². The van der Waals surface area contributed by atoms with Crippen LogP contribution in [0.1, 0.15) is 12.0 Å². The summed E-state index contributed by atoms with van der Waals surface area (Å²) in [6, 6.07) is 6.46. The lowest BCUT2D eigenvalue weighted by Crippen LogP contribution is -2.54. The first kappa shape index (κ1) is 15.1. The van der Waals surface area contributed by atoms with E-state index in [2.05, 4.69) is 16.0 Å². The lowest BCUT2D eigenvalue weighted by Gasteiger charge is -2.38. The number of aromatic nitrogens is 2. The molecule has 8 heteroatoms. The van der Waals surface area contributed by atoms with Gasteiger partial charge >= 0.3 is 6.09 Å². The quantitative estimate of drug-likeness (QED) is 0.882. The van der Waals surface area contributed by atoms with Crippen molar-refractivity contribution < 1.29 is 14.3 Å². The fourth-order valence-electron chi connectivity index (χ4n) is 2.82. The van der Waals surface area contributed by atoms with Crippen LogP contribution in [0.3, 0.4) is 0 Å². The van der Waals surface area contributed by atoms with E-state index in [0.29, 0.717) is 23.6 Å². The Bertz CT molecular complexity index is 784. The van der Waals surface area contributed by atoms with E-state index in [4.69, 9.17) is 10.4 Å². The van der Waals surface area contributed by atoms with Crippen LogP contribution in [0.5, 0.6) is 0 Å². The highest BCUT2D eigenvalue weighted by Gasteiger charge is 2.35. The van der Waals surface area contributed by atoms with Gasteiger partial charge in [0.15, 0.2) is 0 Å². The van der Waals surface area contributed by atoms with E-state index in [0.717, 1.165) is 10.4 Å². The Morgan fingerprint density at radius 3 is 3.09 bits per heavy atom. The normalized spacial score (nSPS) is 21.2. The van der Waals surface area contributed by atoms with Crippen LogP contribution in [-0.4, -0.2) is 58.4 Å². The first-order valence-corrected chi connectivity index (χ1v) is 7.24. The van der Waals surface area contributed by atoms with Crippen molar-refractivity contribution in [2.24, 2.45) is 0 Å². The third-order valence-electron chi connectivity index (χ3n) is 4.20. The Balaban J connectivity index is 1.86. The monoisotopic (exact) mass is 317 g/mol. The number of nitriles is 1.